The highest BCUT2D eigenvalue weighted by atomic mass is 35.5. The third-order valence-corrected chi connectivity index (χ3v) is 3.68. The Labute approximate surface area is 101 Å². The van der Waals surface area contributed by atoms with Crippen LogP contribution in [0.3, 0.4) is 0 Å². The van der Waals surface area contributed by atoms with Crippen molar-refractivity contribution in [2.24, 2.45) is 0 Å². The third kappa shape index (κ3) is 1.49. The van der Waals surface area contributed by atoms with Crippen LogP contribution in [0.2, 0.25) is 5.02 Å². The van der Waals surface area contributed by atoms with Gasteiger partial charge < -0.3 is 4.42 Å². The van der Waals surface area contributed by atoms with E-state index in [0.29, 0.717) is 10.9 Å². The lowest BCUT2D eigenvalue weighted by Crippen LogP contribution is -2.09. The first-order valence-corrected chi connectivity index (χ1v) is 6.09. The largest absolute Gasteiger partial charge is 0.414 e. The maximum Gasteiger partial charge on any atom is 0.414 e. The second kappa shape index (κ2) is 3.43. The number of hydrogen-bond acceptors (Lipinski definition) is 4. The Morgan fingerprint density at radius 3 is 2.50 bits per heavy atom. The van der Waals surface area contributed by atoms with Gasteiger partial charge in [-0.3, -0.25) is 0 Å². The Balaban J connectivity index is 2.06. The smallest absolute Gasteiger partial charge is 0.398 e. The highest BCUT2D eigenvalue weighted by Gasteiger charge is 2.50. The van der Waals surface area contributed by atoms with E-state index in [2.05, 4.69) is 4.37 Å². The van der Waals surface area contributed by atoms with Crippen LogP contribution in [0.25, 0.3) is 0 Å². The summed E-state index contributed by atoms with van der Waals surface area (Å²) in [6, 6.07) is 7.63. The maximum absolute atomic E-state index is 11.0. The first kappa shape index (κ1) is 10.1. The van der Waals surface area contributed by atoms with Crippen molar-refractivity contribution in [2.75, 3.05) is 0 Å². The van der Waals surface area contributed by atoms with Gasteiger partial charge in [-0.05, 0) is 30.5 Å². The maximum atomic E-state index is 11.0. The minimum absolute atomic E-state index is 0.177. The monoisotopic (exact) mass is 253 g/mol. The van der Waals surface area contributed by atoms with Crippen molar-refractivity contribution in [3.63, 3.8) is 0 Å². The zero-order valence-electron chi connectivity index (χ0n) is 8.27. The van der Waals surface area contributed by atoms with E-state index in [1.165, 1.54) is 0 Å². The summed E-state index contributed by atoms with van der Waals surface area (Å²) in [6.45, 7) is 0. The van der Waals surface area contributed by atoms with Gasteiger partial charge in [-0.25, -0.2) is 4.79 Å². The van der Waals surface area contributed by atoms with Crippen molar-refractivity contribution in [3.8, 4) is 0 Å². The van der Waals surface area contributed by atoms with E-state index in [1.54, 1.807) is 0 Å². The van der Waals surface area contributed by atoms with Crippen LogP contribution in [-0.4, -0.2) is 4.37 Å². The minimum Gasteiger partial charge on any atom is -0.398 e. The molecule has 1 saturated carbocycles. The molecule has 2 aromatic rings. The molecule has 82 valence electrons. The van der Waals surface area contributed by atoms with Crippen LogP contribution in [0.4, 0.5) is 0 Å². The number of halogens is 1. The fourth-order valence-corrected chi connectivity index (χ4v) is 2.51. The molecular weight excluding hydrogens is 246 g/mol. The summed E-state index contributed by atoms with van der Waals surface area (Å²) in [5, 5.41) is 0.708. The molecule has 16 heavy (non-hydrogen) atoms. The van der Waals surface area contributed by atoms with E-state index >= 15 is 0 Å². The predicted molar refractivity (Wildman–Crippen MR) is 62.1 cm³/mol. The molecule has 0 bridgehead atoms. The van der Waals surface area contributed by atoms with Crippen molar-refractivity contribution < 1.29 is 4.42 Å². The van der Waals surface area contributed by atoms with Crippen molar-refractivity contribution in [1.82, 2.24) is 4.37 Å². The lowest BCUT2D eigenvalue weighted by molar-refractivity contribution is 0.439. The first-order chi connectivity index (χ1) is 7.71. The molecule has 0 saturated heterocycles. The van der Waals surface area contributed by atoms with Gasteiger partial charge in [0.15, 0.2) is 0 Å². The van der Waals surface area contributed by atoms with Gasteiger partial charge in [-0.2, -0.15) is 4.37 Å². The molecule has 3 rings (SSSR count). The summed E-state index contributed by atoms with van der Waals surface area (Å²) in [5.41, 5.74) is 0.940. The van der Waals surface area contributed by atoms with E-state index in [4.69, 9.17) is 16.0 Å². The Morgan fingerprint density at radius 2 is 2.00 bits per heavy atom. The molecule has 3 nitrogen and oxygen atoms in total. The number of hydrogen-bond donors (Lipinski definition) is 0. The standard InChI is InChI=1S/C11H8ClNO2S/c12-8-3-1-7(2-4-8)11(5-6-11)9-13-16-10(14)15-9/h1-4H,5-6H2. The summed E-state index contributed by atoms with van der Waals surface area (Å²) < 4.78 is 9.19. The molecule has 0 spiro atoms. The molecule has 0 aliphatic heterocycles. The lowest BCUT2D eigenvalue weighted by Gasteiger charge is -2.10. The second-order valence-electron chi connectivity index (χ2n) is 3.93. The van der Waals surface area contributed by atoms with Gasteiger partial charge in [0, 0.05) is 16.6 Å². The van der Waals surface area contributed by atoms with Gasteiger partial charge in [-0.15, -0.1) is 0 Å². The number of nitrogens with zero attached hydrogens (tertiary/aromatic N) is 1. The van der Waals surface area contributed by atoms with E-state index in [-0.39, 0.29) is 10.4 Å². The van der Waals surface area contributed by atoms with Crippen molar-refractivity contribution >= 4 is 23.1 Å². The quantitative estimate of drug-likeness (QED) is 0.827. The molecule has 1 heterocycles. The summed E-state index contributed by atoms with van der Waals surface area (Å²) in [5.74, 6) is 0.546. The highest BCUT2D eigenvalue weighted by molar-refractivity contribution is 7.02. The molecule has 1 aromatic heterocycles. The lowest BCUT2D eigenvalue weighted by atomic mass is 9.96. The van der Waals surface area contributed by atoms with Crippen LogP contribution < -0.4 is 4.94 Å². The molecule has 1 aromatic carbocycles. The van der Waals surface area contributed by atoms with E-state index < -0.39 is 0 Å². The molecule has 0 radical (unpaired) electrons. The molecule has 0 atom stereocenters. The number of benzene rings is 1. The molecule has 1 aliphatic carbocycles. The van der Waals surface area contributed by atoms with Crippen molar-refractivity contribution in [3.05, 3.63) is 50.5 Å². The summed E-state index contributed by atoms with van der Waals surface area (Å²) in [7, 11) is 0. The molecule has 0 amide bonds. The molecule has 5 heteroatoms. The Bertz CT molecular complexity index is 568. The summed E-state index contributed by atoms with van der Waals surface area (Å²) in [6.07, 6.45) is 1.95. The second-order valence-corrected chi connectivity index (χ2v) is 5.06. The normalized spacial score (nSPS) is 17.3. The minimum atomic E-state index is -0.338. The van der Waals surface area contributed by atoms with Crippen LogP contribution in [0.5, 0.6) is 0 Å². The predicted octanol–water partition coefficient (Wildman–Crippen LogP) is 2.83. The molecule has 1 fully saturated rings. The Kier molecular flexibility index (Phi) is 2.16. The van der Waals surface area contributed by atoms with Gasteiger partial charge in [0.05, 0.1) is 5.41 Å². The first-order valence-electron chi connectivity index (χ1n) is 4.94. The van der Waals surface area contributed by atoms with E-state index in [1.807, 2.05) is 24.3 Å². The average Bonchev–Trinajstić information content (AvgIpc) is 2.97. The van der Waals surface area contributed by atoms with Crippen LogP contribution in [0, 0.1) is 0 Å². The van der Waals surface area contributed by atoms with E-state index in [9.17, 15) is 4.79 Å². The van der Waals surface area contributed by atoms with Gasteiger partial charge >= 0.3 is 4.94 Å². The zero-order chi connectivity index (χ0) is 11.2. The Hall–Kier alpha value is -1.13. The van der Waals surface area contributed by atoms with Crippen LogP contribution in [0.15, 0.2) is 33.5 Å². The summed E-state index contributed by atoms with van der Waals surface area (Å²) in [4.78, 5) is 10.7. The molecule has 1 aliphatic rings. The van der Waals surface area contributed by atoms with Gasteiger partial charge in [0.1, 0.15) is 0 Å². The highest BCUT2D eigenvalue weighted by Crippen LogP contribution is 2.52. The average molecular weight is 254 g/mol. The van der Waals surface area contributed by atoms with Gasteiger partial charge in [0.2, 0.25) is 5.89 Å². The fourth-order valence-electron chi connectivity index (χ4n) is 1.90. The topological polar surface area (TPSA) is 43.1 Å². The van der Waals surface area contributed by atoms with Crippen LogP contribution >= 0.6 is 23.1 Å². The number of rotatable bonds is 2. The number of aromatic nitrogens is 1. The summed E-state index contributed by atoms with van der Waals surface area (Å²) >= 11 is 6.72. The Morgan fingerprint density at radius 1 is 1.31 bits per heavy atom. The molecular formula is C11H8ClNO2S. The van der Waals surface area contributed by atoms with E-state index in [0.717, 1.165) is 29.9 Å². The van der Waals surface area contributed by atoms with Crippen molar-refractivity contribution in [2.45, 2.75) is 18.3 Å². The van der Waals surface area contributed by atoms with Gasteiger partial charge in [-0.1, -0.05) is 23.7 Å². The van der Waals surface area contributed by atoms with Crippen LogP contribution in [0.1, 0.15) is 24.3 Å². The van der Waals surface area contributed by atoms with Crippen LogP contribution in [-0.2, 0) is 5.41 Å². The molecule has 0 N–H and O–H groups in total. The third-order valence-electron chi connectivity index (χ3n) is 2.94. The van der Waals surface area contributed by atoms with Gasteiger partial charge in [0.25, 0.3) is 0 Å². The SMILES string of the molecule is O=c1oc(C2(c3ccc(Cl)cc3)CC2)ns1. The fraction of sp³-hybridized carbons (Fsp3) is 0.273. The molecule has 0 unspecified atom stereocenters. The van der Waals surface area contributed by atoms with Crippen molar-refractivity contribution in [1.29, 1.82) is 0 Å². The zero-order valence-corrected chi connectivity index (χ0v) is 9.85.